The van der Waals surface area contributed by atoms with E-state index < -0.39 is 28.5 Å². The van der Waals surface area contributed by atoms with Gasteiger partial charge >= 0.3 is 12.1 Å². The molecule has 1 rings (SSSR count). The van der Waals surface area contributed by atoms with Crippen molar-refractivity contribution < 1.29 is 23.9 Å². The van der Waals surface area contributed by atoms with E-state index in [0.717, 1.165) is 10.6 Å². The van der Waals surface area contributed by atoms with E-state index in [2.05, 4.69) is 4.74 Å². The molecule has 0 aliphatic heterocycles. The Bertz CT molecular complexity index is 569. The molecule has 0 unspecified atom stereocenters. The fraction of sp³-hybridized carbons (Fsp3) is 0.500. The van der Waals surface area contributed by atoms with Gasteiger partial charge in [0.15, 0.2) is 0 Å². The summed E-state index contributed by atoms with van der Waals surface area (Å²) in [4.78, 5) is 29.0. The van der Waals surface area contributed by atoms with Gasteiger partial charge in [-0.05, 0) is 18.4 Å². The fourth-order valence-corrected chi connectivity index (χ4v) is 2.04. The summed E-state index contributed by atoms with van der Waals surface area (Å²) in [7, 11) is 1.26. The largest absolute Gasteiger partial charge is 0.468 e. The molecule has 1 aromatic carbocycles. The second kappa shape index (κ2) is 11.5. The average molecular weight is 428 g/mol. The molecule has 0 bridgehead atoms. The molecule has 26 heavy (non-hydrogen) atoms. The smallest absolute Gasteiger partial charge is 0.434 e. The maximum atomic E-state index is 12.2. The van der Waals surface area contributed by atoms with Crippen LogP contribution in [0.5, 0.6) is 0 Å². The van der Waals surface area contributed by atoms with E-state index in [9.17, 15) is 9.59 Å². The molecule has 0 spiro atoms. The molecule has 1 atom stereocenters. The van der Waals surface area contributed by atoms with Crippen LogP contribution in [0.2, 0.25) is 0 Å². The molecule has 0 saturated carbocycles. The van der Waals surface area contributed by atoms with Gasteiger partial charge in [0.25, 0.3) is 0 Å². The summed E-state index contributed by atoms with van der Waals surface area (Å²) < 4.78 is 7.75. The van der Waals surface area contributed by atoms with Crippen LogP contribution in [0.1, 0.15) is 18.4 Å². The summed E-state index contributed by atoms with van der Waals surface area (Å²) in [5, 5.41) is 1.01. The molecule has 0 heterocycles. The number of ether oxygens (including phenoxy) is 2. The van der Waals surface area contributed by atoms with Crippen molar-refractivity contribution in [1.82, 2.24) is 5.06 Å². The quantitative estimate of drug-likeness (QED) is 0.370. The van der Waals surface area contributed by atoms with Crippen LogP contribution in [-0.2, 0) is 25.7 Å². The van der Waals surface area contributed by atoms with E-state index in [1.807, 2.05) is 30.3 Å². The molecule has 0 aliphatic rings. The zero-order chi connectivity index (χ0) is 19.6. The highest BCUT2D eigenvalue weighted by Gasteiger charge is 2.25. The van der Waals surface area contributed by atoms with Crippen LogP contribution in [0.15, 0.2) is 30.3 Å². The first-order chi connectivity index (χ1) is 12.2. The maximum Gasteiger partial charge on any atom is 0.434 e. The van der Waals surface area contributed by atoms with Gasteiger partial charge in [-0.25, -0.2) is 4.79 Å². The number of esters is 1. The first kappa shape index (κ1) is 22.8. The van der Waals surface area contributed by atoms with E-state index in [4.69, 9.17) is 50.1 Å². The Morgan fingerprint density at radius 2 is 1.88 bits per heavy atom. The van der Waals surface area contributed by atoms with Crippen LogP contribution in [0.4, 0.5) is 4.79 Å². The van der Waals surface area contributed by atoms with Crippen molar-refractivity contribution in [3.8, 4) is 0 Å². The Morgan fingerprint density at radius 1 is 1.23 bits per heavy atom. The van der Waals surface area contributed by atoms with Crippen molar-refractivity contribution in [2.75, 3.05) is 20.3 Å². The predicted molar refractivity (Wildman–Crippen MR) is 98.8 cm³/mol. The van der Waals surface area contributed by atoms with Gasteiger partial charge in [-0.1, -0.05) is 65.1 Å². The number of halogens is 3. The Morgan fingerprint density at radius 3 is 2.46 bits per heavy atom. The number of carbonyl (C=O) groups excluding carboxylic acids is 2. The van der Waals surface area contributed by atoms with Gasteiger partial charge in [0.1, 0.15) is 19.3 Å². The lowest BCUT2D eigenvalue weighted by Gasteiger charge is -2.23. The van der Waals surface area contributed by atoms with Crippen LogP contribution in [0, 0.1) is 0 Å². The number of hydrogen-bond acceptors (Lipinski definition) is 6. The van der Waals surface area contributed by atoms with E-state index >= 15 is 0 Å². The minimum absolute atomic E-state index is 0.135. The van der Waals surface area contributed by atoms with Crippen LogP contribution >= 0.6 is 34.8 Å². The van der Waals surface area contributed by atoms with E-state index in [1.165, 1.54) is 7.11 Å². The third kappa shape index (κ3) is 9.45. The van der Waals surface area contributed by atoms with Crippen LogP contribution in [-0.4, -0.2) is 47.2 Å². The van der Waals surface area contributed by atoms with Crippen molar-refractivity contribution in [2.24, 2.45) is 5.73 Å². The minimum Gasteiger partial charge on any atom is -0.468 e. The monoisotopic (exact) mass is 426 g/mol. The number of carbonyl (C=O) groups is 2. The predicted octanol–water partition coefficient (Wildman–Crippen LogP) is 3.21. The van der Waals surface area contributed by atoms with Crippen molar-refractivity contribution in [2.45, 2.75) is 29.3 Å². The number of hydroxylamine groups is 2. The number of alkyl halides is 3. The number of benzene rings is 1. The van der Waals surface area contributed by atoms with Crippen molar-refractivity contribution in [3.63, 3.8) is 0 Å². The molecule has 1 aromatic rings. The van der Waals surface area contributed by atoms with E-state index in [-0.39, 0.29) is 13.2 Å². The molecule has 1 amide bonds. The summed E-state index contributed by atoms with van der Waals surface area (Å²) in [6.07, 6.45) is -0.123. The summed E-state index contributed by atoms with van der Waals surface area (Å²) in [5.41, 5.74) is 6.53. The molecule has 0 aromatic heterocycles. The maximum absolute atomic E-state index is 12.2. The average Bonchev–Trinajstić information content (AvgIpc) is 2.61. The second-order valence-electron chi connectivity index (χ2n) is 5.30. The highest BCUT2D eigenvalue weighted by atomic mass is 35.6. The molecule has 2 N–H and O–H groups in total. The third-order valence-electron chi connectivity index (χ3n) is 3.17. The van der Waals surface area contributed by atoms with Gasteiger partial charge in [-0.3, -0.25) is 9.63 Å². The first-order valence-corrected chi connectivity index (χ1v) is 8.87. The third-order valence-corrected chi connectivity index (χ3v) is 3.50. The van der Waals surface area contributed by atoms with Gasteiger partial charge in [-0.15, -0.1) is 0 Å². The van der Waals surface area contributed by atoms with E-state index in [1.54, 1.807) is 0 Å². The van der Waals surface area contributed by atoms with Crippen LogP contribution < -0.4 is 5.73 Å². The molecular weight excluding hydrogens is 407 g/mol. The van der Waals surface area contributed by atoms with Crippen molar-refractivity contribution in [1.29, 1.82) is 0 Å². The first-order valence-electron chi connectivity index (χ1n) is 7.74. The molecule has 0 radical (unpaired) electrons. The lowest BCUT2D eigenvalue weighted by molar-refractivity contribution is -0.148. The lowest BCUT2D eigenvalue weighted by Crippen LogP contribution is -2.36. The summed E-state index contributed by atoms with van der Waals surface area (Å²) in [5.74, 6) is -0.527. The Kier molecular flexibility index (Phi) is 10.0. The molecule has 7 nitrogen and oxygen atoms in total. The Balaban J connectivity index is 2.59. The number of amides is 1. The highest BCUT2D eigenvalue weighted by Crippen LogP contribution is 2.26. The van der Waals surface area contributed by atoms with Gasteiger partial charge < -0.3 is 15.2 Å². The normalized spacial score (nSPS) is 12.3. The second-order valence-corrected chi connectivity index (χ2v) is 7.82. The van der Waals surface area contributed by atoms with Gasteiger partial charge in [0.05, 0.1) is 13.7 Å². The lowest BCUT2D eigenvalue weighted by atomic mass is 10.2. The van der Waals surface area contributed by atoms with E-state index in [0.29, 0.717) is 12.8 Å². The molecule has 0 saturated heterocycles. The Hall–Kier alpha value is -1.25. The van der Waals surface area contributed by atoms with Gasteiger partial charge in [0, 0.05) is 0 Å². The zero-order valence-corrected chi connectivity index (χ0v) is 16.5. The SMILES string of the molecule is COC(=O)[C@@H](N)CCCN(OCc1ccccc1)C(=O)OCC(Cl)(Cl)Cl. The fourth-order valence-electron chi connectivity index (χ4n) is 1.87. The number of hydrogen-bond donors (Lipinski definition) is 1. The molecule has 146 valence electrons. The zero-order valence-electron chi connectivity index (χ0n) is 14.2. The molecule has 10 heteroatoms. The highest BCUT2D eigenvalue weighted by molar-refractivity contribution is 6.67. The van der Waals surface area contributed by atoms with Crippen molar-refractivity contribution in [3.05, 3.63) is 35.9 Å². The number of methoxy groups -OCH3 is 1. The number of rotatable bonds is 9. The summed E-state index contributed by atoms with van der Waals surface area (Å²) in [6.45, 7) is -0.146. The minimum atomic E-state index is -1.73. The van der Waals surface area contributed by atoms with Crippen molar-refractivity contribution >= 4 is 46.9 Å². The van der Waals surface area contributed by atoms with Crippen LogP contribution in [0.3, 0.4) is 0 Å². The molecule has 0 aliphatic carbocycles. The van der Waals surface area contributed by atoms with Gasteiger partial charge in [0.2, 0.25) is 3.79 Å². The van der Waals surface area contributed by atoms with Crippen LogP contribution in [0.25, 0.3) is 0 Å². The molecular formula is C16H21Cl3N2O5. The molecule has 0 fully saturated rings. The number of nitrogens with two attached hydrogens (primary N) is 1. The topological polar surface area (TPSA) is 91.1 Å². The standard InChI is InChI=1S/C16H21Cl3N2O5/c1-24-14(22)13(20)8-5-9-21(15(23)25-11-16(17,18)19)26-10-12-6-3-2-4-7-12/h2-4,6-7,13H,5,8-11,20H2,1H3/t13-/m0/s1. The van der Waals surface area contributed by atoms with Gasteiger partial charge in [-0.2, -0.15) is 5.06 Å². The Labute approximate surface area is 167 Å². The summed E-state index contributed by atoms with van der Waals surface area (Å²) >= 11 is 16.7. The number of nitrogens with zero attached hydrogens (tertiary/aromatic N) is 1. The summed E-state index contributed by atoms with van der Waals surface area (Å²) in [6, 6.07) is 8.47.